The summed E-state index contributed by atoms with van der Waals surface area (Å²) in [6.45, 7) is 3.37. The Bertz CT molecular complexity index is 906. The largest absolute Gasteiger partial charge is 0.363 e. The van der Waals surface area contributed by atoms with E-state index in [0.29, 0.717) is 37.4 Å². The first kappa shape index (κ1) is 18.6. The Morgan fingerprint density at radius 1 is 1.11 bits per heavy atom. The Balaban J connectivity index is 1.46. The molecule has 1 saturated carbocycles. The minimum atomic E-state index is -0.663. The summed E-state index contributed by atoms with van der Waals surface area (Å²) < 4.78 is 19.6. The Labute approximate surface area is 163 Å². The van der Waals surface area contributed by atoms with E-state index in [-0.39, 0.29) is 17.6 Å². The van der Waals surface area contributed by atoms with E-state index >= 15 is 0 Å². The molecule has 4 rings (SSSR count). The number of carbonyl (C=O) groups excluding carboxylic acids is 2. The standard InChI is InChI=1S/C22H23FN2O3/c1-15-2-3-18(14-19(15)23)16-4-6-17(7-5-16)20(26)25-11-10-24-21(27)22(8-9-22)28-13-12-25/h2-7,14H,8-13H2,1H3,(H,24,27). The summed E-state index contributed by atoms with van der Waals surface area (Å²) in [5.41, 5.74) is 2.13. The van der Waals surface area contributed by atoms with Crippen molar-refractivity contribution in [3.8, 4) is 11.1 Å². The number of amides is 2. The average molecular weight is 382 g/mol. The highest BCUT2D eigenvalue weighted by Crippen LogP contribution is 2.39. The van der Waals surface area contributed by atoms with Gasteiger partial charge >= 0.3 is 0 Å². The first-order chi connectivity index (χ1) is 13.5. The normalized spacial score (nSPS) is 18.8. The van der Waals surface area contributed by atoms with Crippen molar-refractivity contribution >= 4 is 11.8 Å². The molecule has 2 aromatic rings. The third-order valence-electron chi connectivity index (χ3n) is 5.45. The minimum absolute atomic E-state index is 0.0727. The lowest BCUT2D eigenvalue weighted by Gasteiger charge is -2.22. The summed E-state index contributed by atoms with van der Waals surface area (Å²) >= 11 is 0. The van der Waals surface area contributed by atoms with Crippen LogP contribution in [0.25, 0.3) is 11.1 Å². The van der Waals surface area contributed by atoms with Crippen LogP contribution >= 0.6 is 0 Å². The lowest BCUT2D eigenvalue weighted by Crippen LogP contribution is -2.40. The van der Waals surface area contributed by atoms with Crippen LogP contribution in [-0.4, -0.2) is 48.6 Å². The Morgan fingerprint density at radius 2 is 1.82 bits per heavy atom. The molecule has 1 N–H and O–H groups in total. The van der Waals surface area contributed by atoms with Crippen molar-refractivity contribution in [1.82, 2.24) is 10.2 Å². The van der Waals surface area contributed by atoms with Gasteiger partial charge in [-0.05, 0) is 54.7 Å². The molecule has 146 valence electrons. The number of carbonyl (C=O) groups is 2. The molecule has 28 heavy (non-hydrogen) atoms. The molecule has 0 unspecified atom stereocenters. The van der Waals surface area contributed by atoms with Crippen molar-refractivity contribution in [2.45, 2.75) is 25.4 Å². The predicted molar refractivity (Wildman–Crippen MR) is 103 cm³/mol. The van der Waals surface area contributed by atoms with Gasteiger partial charge in [0.1, 0.15) is 11.4 Å². The lowest BCUT2D eigenvalue weighted by molar-refractivity contribution is -0.135. The van der Waals surface area contributed by atoms with Gasteiger partial charge in [0.15, 0.2) is 0 Å². The van der Waals surface area contributed by atoms with Crippen molar-refractivity contribution < 1.29 is 18.7 Å². The molecule has 1 spiro atoms. The molecule has 1 saturated heterocycles. The molecule has 0 radical (unpaired) electrons. The van der Waals surface area contributed by atoms with E-state index in [4.69, 9.17) is 4.74 Å². The summed E-state index contributed by atoms with van der Waals surface area (Å²) in [5.74, 6) is -0.424. The molecule has 2 amide bonds. The molecule has 2 fully saturated rings. The van der Waals surface area contributed by atoms with E-state index in [1.807, 2.05) is 18.2 Å². The number of aryl methyl sites for hydroxylation is 1. The third-order valence-corrected chi connectivity index (χ3v) is 5.45. The summed E-state index contributed by atoms with van der Waals surface area (Å²) in [4.78, 5) is 26.7. The number of nitrogens with zero attached hydrogens (tertiary/aromatic N) is 1. The molecular formula is C22H23FN2O3. The third kappa shape index (κ3) is 3.64. The zero-order chi connectivity index (χ0) is 19.7. The Morgan fingerprint density at radius 3 is 2.50 bits per heavy atom. The zero-order valence-electron chi connectivity index (χ0n) is 15.8. The van der Waals surface area contributed by atoms with Crippen LogP contribution in [0.2, 0.25) is 0 Å². The molecule has 0 atom stereocenters. The van der Waals surface area contributed by atoms with Gasteiger partial charge in [-0.25, -0.2) is 4.39 Å². The molecule has 1 aliphatic carbocycles. The number of benzene rings is 2. The smallest absolute Gasteiger partial charge is 0.253 e. The van der Waals surface area contributed by atoms with Crippen LogP contribution in [0.1, 0.15) is 28.8 Å². The zero-order valence-corrected chi connectivity index (χ0v) is 15.8. The van der Waals surface area contributed by atoms with Crippen LogP contribution < -0.4 is 5.32 Å². The maximum Gasteiger partial charge on any atom is 0.253 e. The molecule has 2 aliphatic rings. The topological polar surface area (TPSA) is 58.6 Å². The van der Waals surface area contributed by atoms with E-state index in [9.17, 15) is 14.0 Å². The van der Waals surface area contributed by atoms with E-state index in [1.165, 1.54) is 6.07 Å². The first-order valence-corrected chi connectivity index (χ1v) is 9.57. The maximum absolute atomic E-state index is 13.8. The highest BCUT2D eigenvalue weighted by Gasteiger charge is 2.51. The number of hydrogen-bond acceptors (Lipinski definition) is 3. The second kappa shape index (κ2) is 7.36. The van der Waals surface area contributed by atoms with Gasteiger partial charge in [-0.2, -0.15) is 0 Å². The number of ether oxygens (including phenoxy) is 1. The van der Waals surface area contributed by atoms with Crippen molar-refractivity contribution in [2.24, 2.45) is 0 Å². The summed E-state index contributed by atoms with van der Waals surface area (Å²) in [5, 5.41) is 2.86. The van der Waals surface area contributed by atoms with Crippen molar-refractivity contribution in [1.29, 1.82) is 0 Å². The molecule has 1 aliphatic heterocycles. The van der Waals surface area contributed by atoms with Crippen LogP contribution in [0, 0.1) is 12.7 Å². The van der Waals surface area contributed by atoms with Crippen molar-refractivity contribution in [2.75, 3.05) is 26.2 Å². The number of halogens is 1. The van der Waals surface area contributed by atoms with Crippen LogP contribution in [0.3, 0.4) is 0 Å². The average Bonchev–Trinajstić information content (AvgIpc) is 3.48. The van der Waals surface area contributed by atoms with Gasteiger partial charge in [0.25, 0.3) is 11.8 Å². The predicted octanol–water partition coefficient (Wildman–Crippen LogP) is 2.92. The van der Waals surface area contributed by atoms with E-state index in [1.54, 1.807) is 30.0 Å². The fourth-order valence-electron chi connectivity index (χ4n) is 3.44. The van der Waals surface area contributed by atoms with Crippen LogP contribution in [0.5, 0.6) is 0 Å². The number of rotatable bonds is 2. The van der Waals surface area contributed by atoms with Crippen LogP contribution in [-0.2, 0) is 9.53 Å². The quantitative estimate of drug-likeness (QED) is 0.869. The Hall–Kier alpha value is -2.73. The lowest BCUT2D eigenvalue weighted by atomic mass is 10.0. The molecular weight excluding hydrogens is 359 g/mol. The highest BCUT2D eigenvalue weighted by molar-refractivity contribution is 5.95. The molecule has 5 nitrogen and oxygen atoms in total. The van der Waals surface area contributed by atoms with Gasteiger partial charge in [0.05, 0.1) is 6.61 Å². The Kier molecular flexibility index (Phi) is 4.89. The highest BCUT2D eigenvalue weighted by atomic mass is 19.1. The van der Waals surface area contributed by atoms with Gasteiger partial charge in [0, 0.05) is 25.2 Å². The van der Waals surface area contributed by atoms with Crippen LogP contribution in [0.4, 0.5) is 4.39 Å². The summed E-state index contributed by atoms with van der Waals surface area (Å²) in [6, 6.07) is 12.3. The van der Waals surface area contributed by atoms with Gasteiger partial charge < -0.3 is 15.0 Å². The summed E-state index contributed by atoms with van der Waals surface area (Å²) in [6.07, 6.45) is 1.49. The molecule has 0 bridgehead atoms. The monoisotopic (exact) mass is 382 g/mol. The molecule has 0 aromatic heterocycles. The van der Waals surface area contributed by atoms with Gasteiger partial charge in [-0.3, -0.25) is 9.59 Å². The first-order valence-electron chi connectivity index (χ1n) is 9.57. The van der Waals surface area contributed by atoms with Crippen molar-refractivity contribution in [3.63, 3.8) is 0 Å². The van der Waals surface area contributed by atoms with Crippen LogP contribution in [0.15, 0.2) is 42.5 Å². The SMILES string of the molecule is Cc1ccc(-c2ccc(C(=O)N3CCNC(=O)C4(CC4)OCC3)cc2)cc1F. The molecule has 1 heterocycles. The minimum Gasteiger partial charge on any atom is -0.363 e. The fourth-order valence-corrected chi connectivity index (χ4v) is 3.44. The molecule has 6 heteroatoms. The van der Waals surface area contributed by atoms with E-state index in [0.717, 1.165) is 24.0 Å². The summed E-state index contributed by atoms with van der Waals surface area (Å²) in [7, 11) is 0. The van der Waals surface area contributed by atoms with E-state index < -0.39 is 5.60 Å². The van der Waals surface area contributed by atoms with Crippen molar-refractivity contribution in [3.05, 3.63) is 59.4 Å². The number of hydrogen-bond donors (Lipinski definition) is 1. The number of nitrogens with one attached hydrogen (secondary N) is 1. The second-order valence-corrected chi connectivity index (χ2v) is 7.43. The second-order valence-electron chi connectivity index (χ2n) is 7.43. The van der Waals surface area contributed by atoms with E-state index in [2.05, 4.69) is 5.32 Å². The van der Waals surface area contributed by atoms with Gasteiger partial charge in [-0.15, -0.1) is 0 Å². The fraction of sp³-hybridized carbons (Fsp3) is 0.364. The maximum atomic E-state index is 13.8. The van der Waals surface area contributed by atoms with Gasteiger partial charge in [-0.1, -0.05) is 24.3 Å². The molecule has 2 aromatic carbocycles. The van der Waals surface area contributed by atoms with Gasteiger partial charge in [0.2, 0.25) is 0 Å².